The van der Waals surface area contributed by atoms with Crippen LogP contribution in [0.2, 0.25) is 0 Å². The molecule has 4 aromatic carbocycles. The molecule has 0 amide bonds. The lowest BCUT2D eigenvalue weighted by molar-refractivity contribution is 0.0696. The summed E-state index contributed by atoms with van der Waals surface area (Å²) in [6.07, 6.45) is 2.12. The van der Waals surface area contributed by atoms with Gasteiger partial charge in [-0.2, -0.15) is 0 Å². The number of hydrogen-bond donors (Lipinski definition) is 2. The number of hydrogen-bond acceptors (Lipinski definition) is 3. The summed E-state index contributed by atoms with van der Waals surface area (Å²) in [6, 6.07) is 26.9. The number of carboxylic acids is 1. The molecule has 0 fully saturated rings. The van der Waals surface area contributed by atoms with Gasteiger partial charge in [0.05, 0.1) is 16.1 Å². The molecule has 0 spiro atoms. The zero-order chi connectivity index (χ0) is 22.6. The van der Waals surface area contributed by atoms with Crippen LogP contribution in [0.1, 0.15) is 27.9 Å². The summed E-state index contributed by atoms with van der Waals surface area (Å²) in [7, 11) is -3.77. The van der Waals surface area contributed by atoms with E-state index in [-0.39, 0.29) is 10.5 Å². The molecule has 0 aliphatic heterocycles. The van der Waals surface area contributed by atoms with E-state index < -0.39 is 16.0 Å². The molecule has 0 saturated carbocycles. The van der Waals surface area contributed by atoms with Crippen molar-refractivity contribution in [2.75, 3.05) is 4.72 Å². The van der Waals surface area contributed by atoms with Crippen molar-refractivity contribution >= 4 is 32.5 Å². The highest BCUT2D eigenvalue weighted by molar-refractivity contribution is 7.93. The molecule has 0 aliphatic rings. The van der Waals surface area contributed by atoms with Crippen molar-refractivity contribution < 1.29 is 18.3 Å². The third kappa shape index (κ3) is 4.81. The molecule has 0 unspecified atom stereocenters. The Morgan fingerprint density at radius 2 is 1.53 bits per heavy atom. The molecule has 6 heteroatoms. The second kappa shape index (κ2) is 9.24. The van der Waals surface area contributed by atoms with Gasteiger partial charge in [-0.3, -0.25) is 4.72 Å². The van der Waals surface area contributed by atoms with Gasteiger partial charge in [0.15, 0.2) is 0 Å². The van der Waals surface area contributed by atoms with Crippen LogP contribution >= 0.6 is 0 Å². The van der Waals surface area contributed by atoms with Gasteiger partial charge >= 0.3 is 5.97 Å². The van der Waals surface area contributed by atoms with E-state index in [9.17, 15) is 13.2 Å². The van der Waals surface area contributed by atoms with Gasteiger partial charge in [-0.15, -0.1) is 0 Å². The van der Waals surface area contributed by atoms with Crippen molar-refractivity contribution in [3.05, 3.63) is 108 Å². The molecule has 0 aliphatic carbocycles. The Bertz CT molecular complexity index is 1370. The van der Waals surface area contributed by atoms with E-state index in [2.05, 4.69) is 4.72 Å². The molecule has 0 atom stereocenters. The zero-order valence-electron chi connectivity index (χ0n) is 17.4. The van der Waals surface area contributed by atoms with Crippen LogP contribution < -0.4 is 4.72 Å². The van der Waals surface area contributed by atoms with Crippen molar-refractivity contribution in [3.8, 4) is 0 Å². The van der Waals surface area contributed by atoms with Crippen LogP contribution in [0.4, 0.5) is 5.69 Å². The average molecular weight is 446 g/mol. The van der Waals surface area contributed by atoms with E-state index >= 15 is 0 Å². The highest BCUT2D eigenvalue weighted by Crippen LogP contribution is 2.27. The zero-order valence-corrected chi connectivity index (χ0v) is 18.2. The number of rotatable bonds is 8. The fourth-order valence-electron chi connectivity index (χ4n) is 3.81. The molecule has 0 saturated heterocycles. The smallest absolute Gasteiger partial charge is 0.335 e. The van der Waals surface area contributed by atoms with Gasteiger partial charge in [0.2, 0.25) is 0 Å². The molecule has 2 N–H and O–H groups in total. The number of carboxylic acid groups (broad SMARTS) is 1. The maximum atomic E-state index is 13.2. The van der Waals surface area contributed by atoms with Crippen molar-refractivity contribution in [3.63, 3.8) is 0 Å². The minimum Gasteiger partial charge on any atom is -0.478 e. The first-order chi connectivity index (χ1) is 15.4. The topological polar surface area (TPSA) is 83.5 Å². The SMILES string of the molecule is O=C(O)c1cccc(CCCc2ccccc2NS(=O)(=O)c2cccc3ccccc23)c1. The van der Waals surface area contributed by atoms with E-state index in [0.29, 0.717) is 23.9 Å². The Morgan fingerprint density at radius 3 is 2.38 bits per heavy atom. The molecule has 0 aromatic heterocycles. The van der Waals surface area contributed by atoms with Crippen molar-refractivity contribution in [2.24, 2.45) is 0 Å². The minimum absolute atomic E-state index is 0.246. The average Bonchev–Trinajstić information content (AvgIpc) is 2.80. The number of benzene rings is 4. The largest absolute Gasteiger partial charge is 0.478 e. The Morgan fingerprint density at radius 1 is 0.812 bits per heavy atom. The van der Waals surface area contributed by atoms with Crippen LogP contribution in [-0.4, -0.2) is 19.5 Å². The Hall–Kier alpha value is -3.64. The standard InChI is InChI=1S/C26H23NO4S/c28-26(29)22-14-6-9-19(18-22)8-5-13-21-11-2-4-16-24(21)27-32(30,31)25-17-7-12-20-10-1-3-15-23(20)25/h1-4,6-7,9-12,14-18,27H,5,8,13H2,(H,28,29). The summed E-state index contributed by atoms with van der Waals surface area (Å²) >= 11 is 0. The van der Waals surface area contributed by atoms with Crippen molar-refractivity contribution in [1.29, 1.82) is 0 Å². The maximum Gasteiger partial charge on any atom is 0.335 e. The summed E-state index contributed by atoms with van der Waals surface area (Å²) < 4.78 is 29.2. The quantitative estimate of drug-likeness (QED) is 0.374. The highest BCUT2D eigenvalue weighted by atomic mass is 32.2. The number of nitrogens with one attached hydrogen (secondary N) is 1. The number of fused-ring (bicyclic) bond motifs is 1. The molecule has 4 aromatic rings. The van der Waals surface area contributed by atoms with Crippen LogP contribution in [0.15, 0.2) is 95.9 Å². The van der Waals surface area contributed by atoms with Crippen molar-refractivity contribution in [2.45, 2.75) is 24.2 Å². The van der Waals surface area contributed by atoms with Crippen LogP contribution in [0.3, 0.4) is 0 Å². The van der Waals surface area contributed by atoms with Gasteiger partial charge in [-0.05, 0) is 60.0 Å². The fourth-order valence-corrected chi connectivity index (χ4v) is 5.14. The number of carbonyl (C=O) groups is 1. The molecule has 0 radical (unpaired) electrons. The van der Waals surface area contributed by atoms with Gasteiger partial charge in [0.25, 0.3) is 10.0 Å². The minimum atomic E-state index is -3.77. The summed E-state index contributed by atoms with van der Waals surface area (Å²) in [5.74, 6) is -0.944. The fraction of sp³-hybridized carbons (Fsp3) is 0.115. The van der Waals surface area contributed by atoms with Crippen LogP contribution in [0.25, 0.3) is 10.8 Å². The molecule has 162 valence electrons. The molecule has 0 bridgehead atoms. The normalized spacial score (nSPS) is 11.4. The predicted octanol–water partition coefficient (Wildman–Crippen LogP) is 5.51. The lowest BCUT2D eigenvalue weighted by Gasteiger charge is -2.14. The Labute approximate surface area is 187 Å². The first-order valence-corrected chi connectivity index (χ1v) is 11.8. The van der Waals surface area contributed by atoms with Gasteiger partial charge in [0.1, 0.15) is 0 Å². The van der Waals surface area contributed by atoms with Gasteiger partial charge in [0, 0.05) is 5.39 Å². The summed E-state index contributed by atoms with van der Waals surface area (Å²) in [6.45, 7) is 0. The molecule has 0 heterocycles. The first-order valence-electron chi connectivity index (χ1n) is 10.3. The number of sulfonamides is 1. The van der Waals surface area contributed by atoms with E-state index in [1.54, 1.807) is 48.5 Å². The van der Waals surface area contributed by atoms with Gasteiger partial charge in [-0.1, -0.05) is 66.7 Å². The molecule has 4 rings (SSSR count). The van der Waals surface area contributed by atoms with Gasteiger partial charge < -0.3 is 5.11 Å². The lowest BCUT2D eigenvalue weighted by atomic mass is 10.0. The number of aryl methyl sites for hydroxylation is 2. The predicted molar refractivity (Wildman–Crippen MR) is 127 cm³/mol. The Balaban J connectivity index is 1.52. The molecular weight excluding hydrogens is 422 g/mol. The second-order valence-electron chi connectivity index (χ2n) is 7.60. The Kier molecular flexibility index (Phi) is 6.23. The van der Waals surface area contributed by atoms with E-state index in [4.69, 9.17) is 5.11 Å². The number of para-hydroxylation sites is 1. The molecular formula is C26H23NO4S. The molecule has 5 nitrogen and oxygen atoms in total. The second-order valence-corrected chi connectivity index (χ2v) is 9.25. The summed E-state index contributed by atoms with van der Waals surface area (Å²) in [5, 5.41) is 10.7. The summed E-state index contributed by atoms with van der Waals surface area (Å²) in [5.41, 5.74) is 2.66. The summed E-state index contributed by atoms with van der Waals surface area (Å²) in [4.78, 5) is 11.4. The lowest BCUT2D eigenvalue weighted by Crippen LogP contribution is -2.14. The van der Waals surface area contributed by atoms with Crippen LogP contribution in [-0.2, 0) is 22.9 Å². The maximum absolute atomic E-state index is 13.2. The van der Waals surface area contributed by atoms with Gasteiger partial charge in [-0.25, -0.2) is 13.2 Å². The van der Waals surface area contributed by atoms with Crippen LogP contribution in [0, 0.1) is 0 Å². The van der Waals surface area contributed by atoms with E-state index in [1.165, 1.54) is 0 Å². The van der Waals surface area contributed by atoms with E-state index in [1.807, 2.05) is 42.5 Å². The third-order valence-electron chi connectivity index (χ3n) is 5.39. The van der Waals surface area contributed by atoms with E-state index in [0.717, 1.165) is 22.9 Å². The monoisotopic (exact) mass is 445 g/mol. The molecule has 32 heavy (non-hydrogen) atoms. The van der Waals surface area contributed by atoms with Crippen LogP contribution in [0.5, 0.6) is 0 Å². The highest BCUT2D eigenvalue weighted by Gasteiger charge is 2.18. The van der Waals surface area contributed by atoms with Crippen molar-refractivity contribution in [1.82, 2.24) is 0 Å². The number of aromatic carboxylic acids is 1. The third-order valence-corrected chi connectivity index (χ3v) is 6.81. The first kappa shape index (κ1) is 21.6. The number of anilines is 1.